The number of hydrogen-bond donors (Lipinski definition) is 1. The van der Waals surface area contributed by atoms with Gasteiger partial charge in [-0.2, -0.15) is 5.10 Å². The topological polar surface area (TPSA) is 48.7 Å². The first-order chi connectivity index (χ1) is 14.0. The van der Waals surface area contributed by atoms with E-state index in [-0.39, 0.29) is 6.04 Å². The maximum atomic E-state index is 14.3. The summed E-state index contributed by atoms with van der Waals surface area (Å²) in [7, 11) is 3.71. The van der Waals surface area contributed by atoms with E-state index in [1.165, 1.54) is 11.6 Å². The van der Waals surface area contributed by atoms with Crippen molar-refractivity contribution in [1.29, 1.82) is 0 Å². The fraction of sp³-hybridized carbons (Fsp3) is 0.524. The normalized spacial score (nSPS) is 16.9. The Morgan fingerprint density at radius 3 is 2.59 bits per heavy atom. The second kappa shape index (κ2) is 9.82. The Morgan fingerprint density at radius 2 is 2.00 bits per heavy atom. The lowest BCUT2D eigenvalue weighted by atomic mass is 10.0. The van der Waals surface area contributed by atoms with Crippen LogP contribution in [0.25, 0.3) is 0 Å². The van der Waals surface area contributed by atoms with Gasteiger partial charge in [-0.3, -0.25) is 14.6 Å². The Morgan fingerprint density at radius 1 is 1.24 bits per heavy atom. The smallest absolute Gasteiger partial charge is 0.193 e. The number of nitrogens with zero attached hydrogens (tertiary/aromatic N) is 5. The molecule has 8 heteroatoms. The minimum absolute atomic E-state index is 0.0432. The highest BCUT2D eigenvalue weighted by Crippen LogP contribution is 2.28. The summed E-state index contributed by atoms with van der Waals surface area (Å²) >= 11 is 0. The molecular formula is C21H30F2N6. The zero-order valence-corrected chi connectivity index (χ0v) is 17.4. The van der Waals surface area contributed by atoms with Crippen LogP contribution in [-0.4, -0.2) is 65.3 Å². The Bertz CT molecular complexity index is 826. The largest absolute Gasteiger partial charge is 0.356 e. The van der Waals surface area contributed by atoms with E-state index < -0.39 is 11.6 Å². The van der Waals surface area contributed by atoms with Gasteiger partial charge in [-0.1, -0.05) is 13.0 Å². The summed E-state index contributed by atoms with van der Waals surface area (Å²) in [5, 5.41) is 7.61. The number of benzene rings is 1. The summed E-state index contributed by atoms with van der Waals surface area (Å²) in [6, 6.07) is 3.84. The molecule has 0 saturated carbocycles. The van der Waals surface area contributed by atoms with Gasteiger partial charge >= 0.3 is 0 Å². The Kier molecular flexibility index (Phi) is 7.19. The van der Waals surface area contributed by atoms with E-state index in [2.05, 4.69) is 25.2 Å². The summed E-state index contributed by atoms with van der Waals surface area (Å²) in [5.41, 5.74) is 1.76. The average molecular weight is 405 g/mol. The van der Waals surface area contributed by atoms with Crippen molar-refractivity contribution >= 4 is 5.96 Å². The number of guanidine groups is 1. The maximum Gasteiger partial charge on any atom is 0.193 e. The molecule has 1 aliphatic rings. The third-order valence-electron chi connectivity index (χ3n) is 5.43. The standard InChI is InChI=1S/C21H30F2N6/c1-4-20(18-6-5-17(22)13-19(18)23)28-9-11-29(12-10-28)21(24-2)25-8-7-16-14-26-27(3)15-16/h5-6,13-15,20H,4,7-12H2,1-3H3,(H,24,25). The maximum absolute atomic E-state index is 14.3. The minimum Gasteiger partial charge on any atom is -0.356 e. The predicted molar refractivity (Wildman–Crippen MR) is 111 cm³/mol. The van der Waals surface area contributed by atoms with Gasteiger partial charge in [-0.25, -0.2) is 8.78 Å². The Hall–Kier alpha value is -2.48. The summed E-state index contributed by atoms with van der Waals surface area (Å²) in [6.45, 7) is 6.06. The van der Waals surface area contributed by atoms with E-state index in [0.717, 1.165) is 57.6 Å². The van der Waals surface area contributed by atoms with Crippen LogP contribution in [0.4, 0.5) is 8.78 Å². The summed E-state index contributed by atoms with van der Waals surface area (Å²) < 4.78 is 29.3. The molecule has 2 heterocycles. The molecule has 158 valence electrons. The van der Waals surface area contributed by atoms with Crippen molar-refractivity contribution in [3.8, 4) is 0 Å². The molecule has 1 N–H and O–H groups in total. The van der Waals surface area contributed by atoms with Crippen LogP contribution in [0.1, 0.15) is 30.5 Å². The fourth-order valence-electron chi connectivity index (χ4n) is 3.94. The third kappa shape index (κ3) is 5.32. The van der Waals surface area contributed by atoms with Crippen LogP contribution < -0.4 is 5.32 Å². The highest BCUT2D eigenvalue weighted by atomic mass is 19.1. The second-order valence-corrected chi connectivity index (χ2v) is 7.36. The van der Waals surface area contributed by atoms with Crippen molar-refractivity contribution in [2.24, 2.45) is 12.0 Å². The van der Waals surface area contributed by atoms with Gasteiger partial charge in [0.2, 0.25) is 0 Å². The van der Waals surface area contributed by atoms with Gasteiger partial charge in [0, 0.05) is 70.7 Å². The van der Waals surface area contributed by atoms with E-state index in [1.54, 1.807) is 17.8 Å². The second-order valence-electron chi connectivity index (χ2n) is 7.36. The molecule has 1 atom stereocenters. The molecule has 1 fully saturated rings. The van der Waals surface area contributed by atoms with Crippen molar-refractivity contribution in [1.82, 2.24) is 24.9 Å². The lowest BCUT2D eigenvalue weighted by molar-refractivity contribution is 0.124. The van der Waals surface area contributed by atoms with Crippen molar-refractivity contribution in [2.75, 3.05) is 39.8 Å². The molecule has 0 bridgehead atoms. The molecule has 1 unspecified atom stereocenters. The molecular weight excluding hydrogens is 374 g/mol. The number of aryl methyl sites for hydroxylation is 1. The van der Waals surface area contributed by atoms with Crippen LogP contribution in [0.5, 0.6) is 0 Å². The fourth-order valence-corrected chi connectivity index (χ4v) is 3.94. The van der Waals surface area contributed by atoms with Crippen molar-refractivity contribution in [3.05, 3.63) is 53.4 Å². The lowest BCUT2D eigenvalue weighted by Crippen LogP contribution is -2.53. The Labute approximate surface area is 171 Å². The Balaban J connectivity index is 1.53. The van der Waals surface area contributed by atoms with Crippen molar-refractivity contribution in [2.45, 2.75) is 25.8 Å². The van der Waals surface area contributed by atoms with E-state index in [1.807, 2.05) is 26.4 Å². The molecule has 0 amide bonds. The lowest BCUT2D eigenvalue weighted by Gasteiger charge is -2.40. The number of aliphatic imine (C=N–C) groups is 1. The quantitative estimate of drug-likeness (QED) is 0.594. The number of hydrogen-bond acceptors (Lipinski definition) is 3. The molecule has 0 spiro atoms. The molecule has 2 aromatic rings. The number of rotatable bonds is 6. The predicted octanol–water partition coefficient (Wildman–Crippen LogP) is 2.59. The van der Waals surface area contributed by atoms with Gasteiger partial charge in [0.05, 0.1) is 6.20 Å². The molecule has 0 radical (unpaired) electrons. The van der Waals surface area contributed by atoms with E-state index in [9.17, 15) is 8.78 Å². The van der Waals surface area contributed by atoms with Crippen LogP contribution in [0.3, 0.4) is 0 Å². The summed E-state index contributed by atoms with van der Waals surface area (Å²) in [6.07, 6.45) is 5.56. The highest BCUT2D eigenvalue weighted by molar-refractivity contribution is 5.80. The highest BCUT2D eigenvalue weighted by Gasteiger charge is 2.27. The van der Waals surface area contributed by atoms with Gasteiger partial charge in [0.25, 0.3) is 0 Å². The SMILES string of the molecule is CCC(c1ccc(F)cc1F)N1CCN(C(=NC)NCCc2cnn(C)c2)CC1. The van der Waals surface area contributed by atoms with Crippen LogP contribution in [-0.2, 0) is 13.5 Å². The first kappa shape index (κ1) is 21.2. The number of nitrogens with one attached hydrogen (secondary N) is 1. The van der Waals surface area contributed by atoms with E-state index in [0.29, 0.717) is 5.56 Å². The summed E-state index contributed by atoms with van der Waals surface area (Å²) in [5.74, 6) is -0.117. The monoisotopic (exact) mass is 404 g/mol. The molecule has 0 aliphatic carbocycles. The molecule has 1 aromatic heterocycles. The molecule has 29 heavy (non-hydrogen) atoms. The average Bonchev–Trinajstić information content (AvgIpc) is 3.13. The first-order valence-electron chi connectivity index (χ1n) is 10.1. The third-order valence-corrected chi connectivity index (χ3v) is 5.43. The van der Waals surface area contributed by atoms with Crippen LogP contribution in [0.15, 0.2) is 35.6 Å². The minimum atomic E-state index is -0.535. The van der Waals surface area contributed by atoms with Crippen LogP contribution in [0, 0.1) is 11.6 Å². The van der Waals surface area contributed by atoms with Gasteiger partial charge < -0.3 is 10.2 Å². The molecule has 3 rings (SSSR count). The molecule has 1 saturated heterocycles. The molecule has 6 nitrogen and oxygen atoms in total. The number of piperazine rings is 1. The number of halogens is 2. The van der Waals surface area contributed by atoms with Gasteiger partial charge in [-0.05, 0) is 24.5 Å². The summed E-state index contributed by atoms with van der Waals surface area (Å²) in [4.78, 5) is 8.91. The first-order valence-corrected chi connectivity index (χ1v) is 10.1. The van der Waals surface area contributed by atoms with Gasteiger partial charge in [0.15, 0.2) is 5.96 Å². The zero-order chi connectivity index (χ0) is 20.8. The molecule has 1 aliphatic heterocycles. The van der Waals surface area contributed by atoms with Crippen molar-refractivity contribution in [3.63, 3.8) is 0 Å². The zero-order valence-electron chi connectivity index (χ0n) is 17.4. The van der Waals surface area contributed by atoms with E-state index in [4.69, 9.17) is 0 Å². The van der Waals surface area contributed by atoms with Gasteiger partial charge in [0.1, 0.15) is 11.6 Å². The van der Waals surface area contributed by atoms with Gasteiger partial charge in [-0.15, -0.1) is 0 Å². The van der Waals surface area contributed by atoms with Crippen LogP contribution in [0.2, 0.25) is 0 Å². The molecule has 1 aromatic carbocycles. The van der Waals surface area contributed by atoms with Crippen molar-refractivity contribution < 1.29 is 8.78 Å². The number of aromatic nitrogens is 2. The van der Waals surface area contributed by atoms with E-state index >= 15 is 0 Å². The van der Waals surface area contributed by atoms with Crippen LogP contribution >= 0.6 is 0 Å².